The second-order valence-corrected chi connectivity index (χ2v) is 6.00. The van der Waals surface area contributed by atoms with Crippen molar-refractivity contribution in [3.8, 4) is 5.75 Å². The molecule has 2 aromatic rings. The molecule has 140 valence electrons. The van der Waals surface area contributed by atoms with Crippen LogP contribution in [-0.4, -0.2) is 42.5 Å². The Balaban J connectivity index is 1.53. The van der Waals surface area contributed by atoms with E-state index in [1.807, 2.05) is 18.2 Å². The number of aromatic nitrogens is 1. The molecule has 2 N–H and O–H groups in total. The Morgan fingerprint density at radius 1 is 1.22 bits per heavy atom. The summed E-state index contributed by atoms with van der Waals surface area (Å²) in [7, 11) is 1.53. The molecule has 3 rings (SSSR count). The molecule has 0 spiro atoms. The fraction of sp³-hybridized carbons (Fsp3) is 0.263. The first-order valence-corrected chi connectivity index (χ1v) is 8.53. The predicted molar refractivity (Wildman–Crippen MR) is 98.4 cm³/mol. The van der Waals surface area contributed by atoms with Gasteiger partial charge >= 0.3 is 6.03 Å². The molecule has 0 bridgehead atoms. The lowest BCUT2D eigenvalue weighted by Gasteiger charge is -2.13. The second-order valence-electron chi connectivity index (χ2n) is 6.00. The van der Waals surface area contributed by atoms with Gasteiger partial charge in [0.2, 0.25) is 5.91 Å². The number of ether oxygens (including phenoxy) is 1. The number of hydrogen-bond donors (Lipinski definition) is 2. The van der Waals surface area contributed by atoms with Gasteiger partial charge in [0.25, 0.3) is 5.91 Å². The second kappa shape index (κ2) is 8.31. The summed E-state index contributed by atoms with van der Waals surface area (Å²) in [4.78, 5) is 42.0. The molecular formula is C19H20N4O4. The number of nitrogens with zero attached hydrogens (tertiary/aromatic N) is 2. The zero-order chi connectivity index (χ0) is 19.2. The van der Waals surface area contributed by atoms with Gasteiger partial charge in [-0.3, -0.25) is 14.6 Å². The van der Waals surface area contributed by atoms with Crippen molar-refractivity contribution in [2.24, 2.45) is 0 Å². The first kappa shape index (κ1) is 18.4. The third-order valence-electron chi connectivity index (χ3n) is 4.17. The summed E-state index contributed by atoms with van der Waals surface area (Å²) >= 11 is 0. The molecule has 8 heteroatoms. The third kappa shape index (κ3) is 4.41. The molecule has 27 heavy (non-hydrogen) atoms. The Labute approximate surface area is 156 Å². The van der Waals surface area contributed by atoms with E-state index in [2.05, 4.69) is 15.6 Å². The van der Waals surface area contributed by atoms with E-state index in [0.717, 1.165) is 10.6 Å². The Morgan fingerprint density at radius 2 is 2.00 bits per heavy atom. The first-order chi connectivity index (χ1) is 13.1. The van der Waals surface area contributed by atoms with Crippen LogP contribution < -0.4 is 20.3 Å². The maximum Gasteiger partial charge on any atom is 0.329 e. The van der Waals surface area contributed by atoms with Crippen LogP contribution in [0.25, 0.3) is 0 Å². The molecule has 8 nitrogen and oxygen atoms in total. The van der Waals surface area contributed by atoms with E-state index in [1.165, 1.54) is 7.11 Å². The van der Waals surface area contributed by atoms with Gasteiger partial charge in [-0.25, -0.2) is 9.69 Å². The average molecular weight is 368 g/mol. The Hall–Kier alpha value is -3.42. The van der Waals surface area contributed by atoms with Crippen molar-refractivity contribution in [2.75, 3.05) is 18.6 Å². The van der Waals surface area contributed by atoms with Crippen molar-refractivity contribution < 1.29 is 19.1 Å². The smallest absolute Gasteiger partial charge is 0.329 e. The number of pyridine rings is 1. The maximum absolute atomic E-state index is 12.5. The molecule has 0 saturated carbocycles. The molecule has 1 saturated heterocycles. The van der Waals surface area contributed by atoms with E-state index in [4.69, 9.17) is 4.74 Å². The highest BCUT2D eigenvalue weighted by molar-refractivity contribution is 6.22. The molecule has 1 aromatic heterocycles. The van der Waals surface area contributed by atoms with Crippen molar-refractivity contribution in [2.45, 2.75) is 18.9 Å². The number of urea groups is 1. The van der Waals surface area contributed by atoms with Crippen LogP contribution in [0.4, 0.5) is 10.5 Å². The molecule has 1 atom stereocenters. The van der Waals surface area contributed by atoms with E-state index in [9.17, 15) is 14.4 Å². The average Bonchev–Trinajstić information content (AvgIpc) is 2.96. The summed E-state index contributed by atoms with van der Waals surface area (Å²) in [5.74, 6) is -0.138. The van der Waals surface area contributed by atoms with Gasteiger partial charge in [-0.15, -0.1) is 0 Å². The van der Waals surface area contributed by atoms with Crippen LogP contribution in [0, 0.1) is 0 Å². The van der Waals surface area contributed by atoms with Crippen molar-refractivity contribution in [3.63, 3.8) is 0 Å². The van der Waals surface area contributed by atoms with Crippen LogP contribution in [0.15, 0.2) is 48.7 Å². The minimum Gasteiger partial charge on any atom is -0.497 e. The van der Waals surface area contributed by atoms with Gasteiger partial charge in [0.15, 0.2) is 0 Å². The zero-order valence-electron chi connectivity index (χ0n) is 14.8. The minimum atomic E-state index is -0.880. The summed E-state index contributed by atoms with van der Waals surface area (Å²) in [5, 5.41) is 5.30. The summed E-state index contributed by atoms with van der Waals surface area (Å²) in [5.41, 5.74) is 1.30. The fourth-order valence-corrected chi connectivity index (χ4v) is 2.78. The quantitative estimate of drug-likeness (QED) is 0.717. The third-order valence-corrected chi connectivity index (χ3v) is 4.17. The largest absolute Gasteiger partial charge is 0.497 e. The van der Waals surface area contributed by atoms with Crippen molar-refractivity contribution in [3.05, 3.63) is 54.4 Å². The van der Waals surface area contributed by atoms with E-state index < -0.39 is 18.0 Å². The molecule has 1 fully saturated rings. The number of hydrogen-bond acceptors (Lipinski definition) is 5. The van der Waals surface area contributed by atoms with Gasteiger partial charge in [0.05, 0.1) is 19.2 Å². The molecular weight excluding hydrogens is 348 g/mol. The number of carbonyl (C=O) groups is 3. The lowest BCUT2D eigenvalue weighted by molar-refractivity contribution is -0.125. The summed E-state index contributed by atoms with van der Waals surface area (Å²) in [6.45, 7) is 0.410. The van der Waals surface area contributed by atoms with Gasteiger partial charge in [-0.2, -0.15) is 0 Å². The fourth-order valence-electron chi connectivity index (χ4n) is 2.78. The highest BCUT2D eigenvalue weighted by Crippen LogP contribution is 2.23. The monoisotopic (exact) mass is 368 g/mol. The van der Waals surface area contributed by atoms with E-state index in [1.54, 1.807) is 30.5 Å². The van der Waals surface area contributed by atoms with Crippen LogP contribution in [0.1, 0.15) is 12.1 Å². The number of carbonyl (C=O) groups excluding carboxylic acids is 3. The SMILES string of the molecule is COc1ccc(N2C(=O)N[C@@H](CC(=O)NCCc3ccccn3)C2=O)cc1. The maximum atomic E-state index is 12.5. The number of nitrogens with one attached hydrogen (secondary N) is 2. The Bertz CT molecular complexity index is 823. The van der Waals surface area contributed by atoms with Crippen LogP contribution in [-0.2, 0) is 16.0 Å². The molecule has 0 aliphatic carbocycles. The van der Waals surface area contributed by atoms with Crippen molar-refractivity contribution in [1.82, 2.24) is 15.6 Å². The van der Waals surface area contributed by atoms with Crippen LogP contribution >= 0.6 is 0 Å². The summed E-state index contributed by atoms with van der Waals surface area (Å²) in [6.07, 6.45) is 2.17. The molecule has 0 radical (unpaired) electrons. The van der Waals surface area contributed by atoms with Gasteiger partial charge in [-0.1, -0.05) is 6.07 Å². The van der Waals surface area contributed by atoms with E-state index in [0.29, 0.717) is 24.4 Å². The minimum absolute atomic E-state index is 0.112. The Morgan fingerprint density at radius 3 is 2.67 bits per heavy atom. The topological polar surface area (TPSA) is 101 Å². The molecule has 1 aliphatic rings. The highest BCUT2D eigenvalue weighted by atomic mass is 16.5. The number of imide groups is 1. The van der Waals surface area contributed by atoms with Gasteiger partial charge in [0.1, 0.15) is 11.8 Å². The van der Waals surface area contributed by atoms with Gasteiger partial charge in [-0.05, 0) is 36.4 Å². The standard InChI is InChI=1S/C19H20N4O4/c1-27-15-7-5-14(6-8-15)23-18(25)16(22-19(23)26)12-17(24)21-11-9-13-4-2-3-10-20-13/h2-8,10,16H,9,11-12H2,1H3,(H,21,24)(H,22,26)/t16-/m0/s1. The number of benzene rings is 1. The molecule has 4 amide bonds. The van der Waals surface area contributed by atoms with Gasteiger partial charge in [0, 0.05) is 24.9 Å². The number of methoxy groups -OCH3 is 1. The van der Waals surface area contributed by atoms with Crippen molar-refractivity contribution >= 4 is 23.5 Å². The lowest BCUT2D eigenvalue weighted by atomic mass is 10.2. The summed E-state index contributed by atoms with van der Waals surface area (Å²) in [6, 6.07) is 10.7. The normalized spacial score (nSPS) is 16.2. The molecule has 1 aliphatic heterocycles. The first-order valence-electron chi connectivity index (χ1n) is 8.53. The Kier molecular flexibility index (Phi) is 5.65. The lowest BCUT2D eigenvalue weighted by Crippen LogP contribution is -2.37. The van der Waals surface area contributed by atoms with Crippen molar-refractivity contribution in [1.29, 1.82) is 0 Å². The van der Waals surface area contributed by atoms with Crippen LogP contribution in [0.3, 0.4) is 0 Å². The summed E-state index contributed by atoms with van der Waals surface area (Å²) < 4.78 is 5.07. The molecule has 1 aromatic carbocycles. The zero-order valence-corrected chi connectivity index (χ0v) is 14.8. The number of anilines is 1. The van der Waals surface area contributed by atoms with Gasteiger partial charge < -0.3 is 15.4 Å². The van der Waals surface area contributed by atoms with Crippen LogP contribution in [0.5, 0.6) is 5.75 Å². The van der Waals surface area contributed by atoms with E-state index >= 15 is 0 Å². The molecule has 0 unspecified atom stereocenters. The highest BCUT2D eigenvalue weighted by Gasteiger charge is 2.39. The van der Waals surface area contributed by atoms with Crippen LogP contribution in [0.2, 0.25) is 0 Å². The number of amides is 4. The number of rotatable bonds is 7. The van der Waals surface area contributed by atoms with E-state index in [-0.39, 0.29) is 12.3 Å². The molecule has 2 heterocycles. The predicted octanol–water partition coefficient (Wildman–Crippen LogP) is 1.26.